The number of nitrogens with one attached hydrogen (secondary N) is 2. The van der Waals surface area contributed by atoms with Crippen molar-refractivity contribution in [2.75, 3.05) is 13.1 Å². The van der Waals surface area contributed by atoms with Crippen molar-refractivity contribution in [1.29, 1.82) is 0 Å². The molecule has 120 valence electrons. The maximum Gasteiger partial charge on any atom is 0.243 e. The summed E-state index contributed by atoms with van der Waals surface area (Å²) in [6, 6.07) is 0.0499. The molecule has 2 rings (SSSR count). The van der Waals surface area contributed by atoms with Crippen molar-refractivity contribution < 1.29 is 8.42 Å². The molecule has 7 heteroatoms. The lowest BCUT2D eigenvalue weighted by atomic mass is 9.87. The molecule has 0 aromatic carbocycles. The highest BCUT2D eigenvalue weighted by Crippen LogP contribution is 2.25. The minimum atomic E-state index is -3.46. The van der Waals surface area contributed by atoms with E-state index in [4.69, 9.17) is 0 Å². The summed E-state index contributed by atoms with van der Waals surface area (Å²) in [5, 5.41) is 7.31. The molecule has 0 spiro atoms. The van der Waals surface area contributed by atoms with Gasteiger partial charge in [-0.1, -0.05) is 26.7 Å². The van der Waals surface area contributed by atoms with Crippen molar-refractivity contribution in [2.45, 2.75) is 57.0 Å². The minimum Gasteiger partial charge on any atom is -0.315 e. The summed E-state index contributed by atoms with van der Waals surface area (Å²) >= 11 is 0. The molecule has 0 radical (unpaired) electrons. The molecule has 0 amide bonds. The van der Waals surface area contributed by atoms with Gasteiger partial charge in [0.05, 0.1) is 12.7 Å². The number of likely N-dealkylation sites (N-methyl/N-ethyl adjacent to an activating group) is 1. The van der Waals surface area contributed by atoms with Crippen molar-refractivity contribution in [2.24, 2.45) is 5.92 Å². The Kier molecular flexibility index (Phi) is 5.78. The third kappa shape index (κ3) is 4.52. The van der Waals surface area contributed by atoms with Crippen LogP contribution in [-0.4, -0.2) is 37.3 Å². The minimum absolute atomic E-state index is 0.0499. The van der Waals surface area contributed by atoms with Crippen LogP contribution < -0.4 is 10.0 Å². The lowest BCUT2D eigenvalue weighted by Gasteiger charge is -2.28. The Morgan fingerprint density at radius 2 is 2.14 bits per heavy atom. The van der Waals surface area contributed by atoms with Crippen LogP contribution in [-0.2, 0) is 16.6 Å². The average Bonchev–Trinajstić information content (AvgIpc) is 2.91. The second-order valence-corrected chi connectivity index (χ2v) is 7.50. The molecule has 0 bridgehead atoms. The molecular formula is C14H26N4O2S. The lowest BCUT2D eigenvalue weighted by Crippen LogP contribution is -2.40. The summed E-state index contributed by atoms with van der Waals surface area (Å²) in [6.45, 7) is 6.50. The highest BCUT2D eigenvalue weighted by atomic mass is 32.2. The van der Waals surface area contributed by atoms with E-state index < -0.39 is 10.0 Å². The second-order valence-electron chi connectivity index (χ2n) is 5.78. The van der Waals surface area contributed by atoms with Crippen LogP contribution in [0, 0.1) is 5.92 Å². The molecule has 2 N–H and O–H groups in total. The fourth-order valence-electron chi connectivity index (χ4n) is 2.73. The maximum absolute atomic E-state index is 12.4. The molecule has 1 aromatic rings. The first-order valence-electron chi connectivity index (χ1n) is 7.78. The normalized spacial score (nSPS) is 23.3. The number of hydrogen-bond donors (Lipinski definition) is 2. The Morgan fingerprint density at radius 1 is 1.38 bits per heavy atom. The number of nitrogens with zero attached hydrogens (tertiary/aromatic N) is 2. The number of aromatic nitrogens is 2. The lowest BCUT2D eigenvalue weighted by molar-refractivity contribution is 0.310. The topological polar surface area (TPSA) is 76.0 Å². The van der Waals surface area contributed by atoms with E-state index in [0.29, 0.717) is 12.5 Å². The van der Waals surface area contributed by atoms with Crippen molar-refractivity contribution in [3.05, 3.63) is 12.4 Å². The average molecular weight is 314 g/mol. The van der Waals surface area contributed by atoms with Gasteiger partial charge in [0.15, 0.2) is 0 Å². The second kappa shape index (κ2) is 7.38. The largest absolute Gasteiger partial charge is 0.315 e. The first-order chi connectivity index (χ1) is 10.0. The zero-order valence-electron chi connectivity index (χ0n) is 12.9. The summed E-state index contributed by atoms with van der Waals surface area (Å²) in [4.78, 5) is 0.261. The SMILES string of the molecule is CCNCCn1cc(S(=O)(=O)NC2CCCCC2C)cn1. The van der Waals surface area contributed by atoms with Gasteiger partial charge in [0.2, 0.25) is 10.0 Å². The first-order valence-corrected chi connectivity index (χ1v) is 9.26. The molecule has 1 heterocycles. The molecule has 2 unspecified atom stereocenters. The molecular weight excluding hydrogens is 288 g/mol. The van der Waals surface area contributed by atoms with Crippen molar-refractivity contribution >= 4 is 10.0 Å². The molecule has 6 nitrogen and oxygen atoms in total. The zero-order chi connectivity index (χ0) is 15.3. The number of hydrogen-bond acceptors (Lipinski definition) is 4. The van der Waals surface area contributed by atoms with E-state index in [1.807, 2.05) is 6.92 Å². The van der Waals surface area contributed by atoms with E-state index in [0.717, 1.165) is 32.4 Å². The van der Waals surface area contributed by atoms with Crippen molar-refractivity contribution in [3.63, 3.8) is 0 Å². The van der Waals surface area contributed by atoms with E-state index in [2.05, 4.69) is 22.1 Å². The molecule has 0 aliphatic heterocycles. The quantitative estimate of drug-likeness (QED) is 0.745. The van der Waals surface area contributed by atoms with Crippen LogP contribution in [0.5, 0.6) is 0 Å². The van der Waals surface area contributed by atoms with Crippen LogP contribution in [0.4, 0.5) is 0 Å². The monoisotopic (exact) mass is 314 g/mol. The van der Waals surface area contributed by atoms with E-state index in [9.17, 15) is 8.42 Å². The van der Waals surface area contributed by atoms with Crippen LogP contribution in [0.25, 0.3) is 0 Å². The molecule has 21 heavy (non-hydrogen) atoms. The molecule has 1 aromatic heterocycles. The fourth-order valence-corrected chi connectivity index (χ4v) is 4.07. The molecule has 1 saturated carbocycles. The maximum atomic E-state index is 12.4. The number of rotatable bonds is 7. The summed E-state index contributed by atoms with van der Waals surface area (Å²) in [7, 11) is -3.46. The van der Waals surface area contributed by atoms with E-state index in [1.165, 1.54) is 12.6 Å². The van der Waals surface area contributed by atoms with E-state index in [1.54, 1.807) is 10.9 Å². The van der Waals surface area contributed by atoms with Gasteiger partial charge in [-0.25, -0.2) is 13.1 Å². The summed E-state index contributed by atoms with van der Waals surface area (Å²) < 4.78 is 29.3. The fraction of sp³-hybridized carbons (Fsp3) is 0.786. The highest BCUT2D eigenvalue weighted by molar-refractivity contribution is 7.89. The van der Waals surface area contributed by atoms with Gasteiger partial charge in [-0.3, -0.25) is 4.68 Å². The Labute approximate surface area is 127 Å². The Balaban J connectivity index is 1.98. The van der Waals surface area contributed by atoms with Gasteiger partial charge in [-0.05, 0) is 25.3 Å². The molecule has 0 saturated heterocycles. The summed E-state index contributed by atoms with van der Waals surface area (Å²) in [5.74, 6) is 0.400. The Hall–Kier alpha value is -0.920. The van der Waals surface area contributed by atoms with Crippen molar-refractivity contribution in [1.82, 2.24) is 19.8 Å². The van der Waals surface area contributed by atoms with Gasteiger partial charge in [0, 0.05) is 18.8 Å². The van der Waals surface area contributed by atoms with Crippen molar-refractivity contribution in [3.8, 4) is 0 Å². The molecule has 1 fully saturated rings. The van der Waals surface area contributed by atoms with Crippen LogP contribution in [0.3, 0.4) is 0 Å². The third-order valence-corrected chi connectivity index (χ3v) is 5.55. The van der Waals surface area contributed by atoms with Gasteiger partial charge in [-0.15, -0.1) is 0 Å². The standard InChI is InChI=1S/C14H26N4O2S/c1-3-15-8-9-18-11-13(10-16-18)21(19,20)17-14-7-5-4-6-12(14)2/h10-12,14-15,17H,3-9H2,1-2H3. The van der Waals surface area contributed by atoms with Crippen LogP contribution >= 0.6 is 0 Å². The molecule has 1 aliphatic rings. The number of sulfonamides is 1. The molecule has 1 aliphatic carbocycles. The van der Waals surface area contributed by atoms with Crippen LogP contribution in [0.2, 0.25) is 0 Å². The Morgan fingerprint density at radius 3 is 2.86 bits per heavy atom. The summed E-state index contributed by atoms with van der Waals surface area (Å²) in [5.41, 5.74) is 0. The predicted molar refractivity (Wildman–Crippen MR) is 82.5 cm³/mol. The summed E-state index contributed by atoms with van der Waals surface area (Å²) in [6.07, 6.45) is 7.35. The van der Waals surface area contributed by atoms with Gasteiger partial charge in [-0.2, -0.15) is 5.10 Å². The van der Waals surface area contributed by atoms with Gasteiger partial charge >= 0.3 is 0 Å². The van der Waals surface area contributed by atoms with Gasteiger partial charge in [0.25, 0.3) is 0 Å². The van der Waals surface area contributed by atoms with Crippen LogP contribution in [0.1, 0.15) is 39.5 Å². The van der Waals surface area contributed by atoms with Crippen LogP contribution in [0.15, 0.2) is 17.3 Å². The Bertz CT molecular complexity index is 541. The van der Waals surface area contributed by atoms with Gasteiger partial charge < -0.3 is 5.32 Å². The predicted octanol–water partition coefficient (Wildman–Crippen LogP) is 1.35. The first kappa shape index (κ1) is 16.5. The highest BCUT2D eigenvalue weighted by Gasteiger charge is 2.27. The molecule has 2 atom stereocenters. The smallest absolute Gasteiger partial charge is 0.243 e. The zero-order valence-corrected chi connectivity index (χ0v) is 13.7. The van der Waals surface area contributed by atoms with E-state index >= 15 is 0 Å². The van der Waals surface area contributed by atoms with E-state index in [-0.39, 0.29) is 10.9 Å². The van der Waals surface area contributed by atoms with Gasteiger partial charge in [0.1, 0.15) is 4.90 Å². The third-order valence-electron chi connectivity index (χ3n) is 4.11.